The van der Waals surface area contributed by atoms with E-state index in [9.17, 15) is 9.18 Å². The van der Waals surface area contributed by atoms with Gasteiger partial charge in [0.05, 0.1) is 0 Å². The lowest BCUT2D eigenvalue weighted by molar-refractivity contribution is 0.101. The molecule has 0 radical (unpaired) electrons. The maximum absolute atomic E-state index is 13.9. The molecular weight excluding hydrogens is 251 g/mol. The molecule has 0 unspecified atom stereocenters. The lowest BCUT2D eigenvalue weighted by Gasteiger charge is -2.09. The van der Waals surface area contributed by atoms with E-state index >= 15 is 0 Å². The van der Waals surface area contributed by atoms with Crippen molar-refractivity contribution < 1.29 is 9.18 Å². The fourth-order valence-corrected chi connectivity index (χ4v) is 2.01. The van der Waals surface area contributed by atoms with Crippen LogP contribution in [0.2, 0.25) is 5.02 Å². The summed E-state index contributed by atoms with van der Waals surface area (Å²) in [6, 6.07) is 9.66. The van der Waals surface area contributed by atoms with Crippen LogP contribution < -0.4 is 0 Å². The standard InChI is InChI=1S/C15H12ClFO/c1-9-3-5-12(16)8-13(9)14-7-11(10(2)18)4-6-15(14)17/h3-8H,1-2H3. The maximum Gasteiger partial charge on any atom is 0.159 e. The molecule has 0 spiro atoms. The second kappa shape index (κ2) is 4.91. The first-order chi connectivity index (χ1) is 8.49. The minimum atomic E-state index is -0.356. The molecule has 0 aromatic heterocycles. The Morgan fingerprint density at radius 1 is 1.11 bits per heavy atom. The van der Waals surface area contributed by atoms with E-state index < -0.39 is 0 Å². The van der Waals surface area contributed by atoms with Crippen molar-refractivity contribution in [1.29, 1.82) is 0 Å². The van der Waals surface area contributed by atoms with E-state index in [0.29, 0.717) is 21.7 Å². The van der Waals surface area contributed by atoms with Gasteiger partial charge >= 0.3 is 0 Å². The Hall–Kier alpha value is -1.67. The molecule has 2 rings (SSSR count). The third-order valence-corrected chi connectivity index (χ3v) is 3.10. The largest absolute Gasteiger partial charge is 0.295 e. The molecule has 3 heteroatoms. The Kier molecular flexibility index (Phi) is 3.48. The minimum absolute atomic E-state index is 0.0871. The van der Waals surface area contributed by atoms with Crippen LogP contribution >= 0.6 is 11.6 Å². The molecule has 0 N–H and O–H groups in total. The number of ketones is 1. The summed E-state index contributed by atoms with van der Waals surface area (Å²) in [6.07, 6.45) is 0. The van der Waals surface area contributed by atoms with Gasteiger partial charge in [-0.1, -0.05) is 17.7 Å². The second-order valence-electron chi connectivity index (χ2n) is 4.21. The highest BCUT2D eigenvalue weighted by Crippen LogP contribution is 2.29. The summed E-state index contributed by atoms with van der Waals surface area (Å²) in [4.78, 5) is 11.3. The molecule has 0 fully saturated rings. The number of Topliss-reactive ketones (excluding diaryl/α,β-unsaturated/α-hetero) is 1. The summed E-state index contributed by atoms with van der Waals surface area (Å²) in [5, 5.41) is 0.545. The Labute approximate surface area is 110 Å². The molecule has 0 atom stereocenters. The van der Waals surface area contributed by atoms with E-state index in [0.717, 1.165) is 5.56 Å². The zero-order valence-electron chi connectivity index (χ0n) is 10.1. The van der Waals surface area contributed by atoms with Gasteiger partial charge in [0.25, 0.3) is 0 Å². The predicted octanol–water partition coefficient (Wildman–Crippen LogP) is 4.66. The van der Waals surface area contributed by atoms with Crippen LogP contribution in [0.3, 0.4) is 0 Å². The summed E-state index contributed by atoms with van der Waals surface area (Å²) in [6.45, 7) is 3.34. The summed E-state index contributed by atoms with van der Waals surface area (Å²) >= 11 is 5.93. The van der Waals surface area contributed by atoms with Gasteiger partial charge in [-0.15, -0.1) is 0 Å². The number of aryl methyl sites for hydroxylation is 1. The van der Waals surface area contributed by atoms with Gasteiger partial charge in [-0.25, -0.2) is 4.39 Å². The highest BCUT2D eigenvalue weighted by atomic mass is 35.5. The fourth-order valence-electron chi connectivity index (χ4n) is 1.84. The van der Waals surface area contributed by atoms with Crippen molar-refractivity contribution in [1.82, 2.24) is 0 Å². The first kappa shape index (κ1) is 12.8. The van der Waals surface area contributed by atoms with Gasteiger partial charge in [0.2, 0.25) is 0 Å². The number of hydrogen-bond acceptors (Lipinski definition) is 1. The van der Waals surface area contributed by atoms with E-state index in [1.807, 2.05) is 13.0 Å². The van der Waals surface area contributed by atoms with E-state index in [4.69, 9.17) is 11.6 Å². The third kappa shape index (κ3) is 2.44. The molecule has 18 heavy (non-hydrogen) atoms. The monoisotopic (exact) mass is 262 g/mol. The Bertz CT molecular complexity index is 620. The number of hydrogen-bond donors (Lipinski definition) is 0. The average molecular weight is 263 g/mol. The molecule has 0 aliphatic carbocycles. The zero-order valence-corrected chi connectivity index (χ0v) is 10.9. The van der Waals surface area contributed by atoms with Crippen LogP contribution in [0.5, 0.6) is 0 Å². The first-order valence-electron chi connectivity index (χ1n) is 5.56. The van der Waals surface area contributed by atoms with Crippen LogP contribution in [-0.4, -0.2) is 5.78 Å². The molecule has 0 saturated heterocycles. The SMILES string of the molecule is CC(=O)c1ccc(F)c(-c2cc(Cl)ccc2C)c1. The Morgan fingerprint density at radius 2 is 1.83 bits per heavy atom. The summed E-state index contributed by atoms with van der Waals surface area (Å²) in [7, 11) is 0. The van der Waals surface area contributed by atoms with Gasteiger partial charge in [0.1, 0.15) is 5.82 Å². The number of carbonyl (C=O) groups excluding carboxylic acids is 1. The number of halogens is 2. The molecule has 0 aliphatic heterocycles. The van der Waals surface area contributed by atoms with Crippen molar-refractivity contribution in [3.63, 3.8) is 0 Å². The van der Waals surface area contributed by atoms with Crippen LogP contribution in [0.15, 0.2) is 36.4 Å². The van der Waals surface area contributed by atoms with Crippen LogP contribution in [0, 0.1) is 12.7 Å². The van der Waals surface area contributed by atoms with Crippen LogP contribution in [0.25, 0.3) is 11.1 Å². The van der Waals surface area contributed by atoms with Crippen molar-refractivity contribution in [3.05, 3.63) is 58.4 Å². The zero-order chi connectivity index (χ0) is 13.3. The van der Waals surface area contributed by atoms with Gasteiger partial charge < -0.3 is 0 Å². The van der Waals surface area contributed by atoms with Gasteiger partial charge in [-0.2, -0.15) is 0 Å². The summed E-state index contributed by atoms with van der Waals surface area (Å²) in [5.41, 5.74) is 2.52. The number of benzene rings is 2. The minimum Gasteiger partial charge on any atom is -0.295 e. The van der Waals surface area contributed by atoms with Crippen LogP contribution in [-0.2, 0) is 0 Å². The Balaban J connectivity index is 2.66. The molecule has 92 valence electrons. The molecular formula is C15H12ClFO. The summed E-state index contributed by atoms with van der Waals surface area (Å²) in [5.74, 6) is -0.443. The molecule has 0 bridgehead atoms. The highest BCUT2D eigenvalue weighted by molar-refractivity contribution is 6.30. The van der Waals surface area contributed by atoms with Gasteiger partial charge in [0, 0.05) is 16.1 Å². The molecule has 0 heterocycles. The molecule has 0 aliphatic rings. The van der Waals surface area contributed by atoms with Crippen LogP contribution in [0.4, 0.5) is 4.39 Å². The lowest BCUT2D eigenvalue weighted by atomic mass is 9.97. The number of carbonyl (C=O) groups is 1. The number of rotatable bonds is 2. The van der Waals surface area contributed by atoms with Crippen molar-refractivity contribution in [2.24, 2.45) is 0 Å². The molecule has 0 amide bonds. The van der Waals surface area contributed by atoms with Crippen molar-refractivity contribution >= 4 is 17.4 Å². The third-order valence-electron chi connectivity index (χ3n) is 2.86. The molecule has 0 saturated carbocycles. The average Bonchev–Trinajstić information content (AvgIpc) is 2.33. The quantitative estimate of drug-likeness (QED) is 0.720. The molecule has 1 nitrogen and oxygen atoms in total. The molecule has 2 aromatic rings. The second-order valence-corrected chi connectivity index (χ2v) is 4.65. The van der Waals surface area contributed by atoms with Crippen LogP contribution in [0.1, 0.15) is 22.8 Å². The molecule has 2 aromatic carbocycles. The highest BCUT2D eigenvalue weighted by Gasteiger charge is 2.11. The topological polar surface area (TPSA) is 17.1 Å². The Morgan fingerprint density at radius 3 is 2.50 bits per heavy atom. The maximum atomic E-state index is 13.9. The van der Waals surface area contributed by atoms with Gasteiger partial charge in [0.15, 0.2) is 5.78 Å². The van der Waals surface area contributed by atoms with Gasteiger partial charge in [-0.05, 0) is 55.3 Å². The van der Waals surface area contributed by atoms with E-state index in [1.165, 1.54) is 19.1 Å². The predicted molar refractivity (Wildman–Crippen MR) is 71.6 cm³/mol. The fraction of sp³-hybridized carbons (Fsp3) is 0.133. The lowest BCUT2D eigenvalue weighted by Crippen LogP contribution is -1.95. The smallest absolute Gasteiger partial charge is 0.159 e. The van der Waals surface area contributed by atoms with Crippen molar-refractivity contribution in [2.45, 2.75) is 13.8 Å². The van der Waals surface area contributed by atoms with E-state index in [2.05, 4.69) is 0 Å². The summed E-state index contributed by atoms with van der Waals surface area (Å²) < 4.78 is 13.9. The van der Waals surface area contributed by atoms with Crippen molar-refractivity contribution in [3.8, 4) is 11.1 Å². The first-order valence-corrected chi connectivity index (χ1v) is 5.94. The van der Waals surface area contributed by atoms with Gasteiger partial charge in [-0.3, -0.25) is 4.79 Å². The van der Waals surface area contributed by atoms with Crippen molar-refractivity contribution in [2.75, 3.05) is 0 Å². The van der Waals surface area contributed by atoms with E-state index in [1.54, 1.807) is 18.2 Å². The normalized spacial score (nSPS) is 10.4. The van der Waals surface area contributed by atoms with E-state index in [-0.39, 0.29) is 11.6 Å².